The molecule has 0 bridgehead atoms. The van der Waals surface area contributed by atoms with Gasteiger partial charge in [0.2, 0.25) is 5.91 Å². The maximum atomic E-state index is 12.8. The maximum absolute atomic E-state index is 12.8. The van der Waals surface area contributed by atoms with Crippen molar-refractivity contribution in [3.05, 3.63) is 53.9 Å². The molecule has 2 heterocycles. The predicted molar refractivity (Wildman–Crippen MR) is 92.5 cm³/mol. The molecule has 1 aliphatic heterocycles. The van der Waals surface area contributed by atoms with Crippen molar-refractivity contribution in [3.63, 3.8) is 0 Å². The van der Waals surface area contributed by atoms with Gasteiger partial charge in [0.1, 0.15) is 6.04 Å². The van der Waals surface area contributed by atoms with E-state index in [9.17, 15) is 4.79 Å². The van der Waals surface area contributed by atoms with Gasteiger partial charge in [-0.2, -0.15) is 5.10 Å². The molecule has 24 heavy (non-hydrogen) atoms. The van der Waals surface area contributed by atoms with Crippen LogP contribution in [0.4, 0.5) is 0 Å². The summed E-state index contributed by atoms with van der Waals surface area (Å²) in [7, 11) is 0. The number of carbonyl (C=O) groups is 1. The summed E-state index contributed by atoms with van der Waals surface area (Å²) < 4.78 is 0. The van der Waals surface area contributed by atoms with Crippen LogP contribution in [-0.2, 0) is 4.79 Å². The third-order valence-corrected chi connectivity index (χ3v) is 5.14. The molecule has 0 spiro atoms. The fourth-order valence-corrected chi connectivity index (χ4v) is 3.63. The monoisotopic (exact) mass is 324 g/mol. The Morgan fingerprint density at radius 1 is 1.12 bits per heavy atom. The number of rotatable bonds is 5. The van der Waals surface area contributed by atoms with Crippen LogP contribution in [0.5, 0.6) is 0 Å². The lowest BCUT2D eigenvalue weighted by Gasteiger charge is -2.36. The molecule has 1 saturated carbocycles. The van der Waals surface area contributed by atoms with Crippen molar-refractivity contribution in [2.24, 2.45) is 0 Å². The van der Waals surface area contributed by atoms with Gasteiger partial charge in [-0.3, -0.25) is 14.8 Å². The molecule has 1 aromatic carbocycles. The van der Waals surface area contributed by atoms with E-state index in [0.717, 1.165) is 44.3 Å². The third kappa shape index (κ3) is 3.36. The smallest absolute Gasteiger partial charge is 0.242 e. The van der Waals surface area contributed by atoms with E-state index in [2.05, 4.69) is 38.6 Å². The van der Waals surface area contributed by atoms with Crippen molar-refractivity contribution in [2.75, 3.05) is 13.1 Å². The number of nitrogens with one attached hydrogen (secondary N) is 2. The molecule has 2 aliphatic rings. The minimum absolute atomic E-state index is 0.156. The molecule has 2 fully saturated rings. The van der Waals surface area contributed by atoms with E-state index in [-0.39, 0.29) is 11.9 Å². The van der Waals surface area contributed by atoms with Crippen molar-refractivity contribution >= 4 is 5.91 Å². The highest BCUT2D eigenvalue weighted by molar-refractivity contribution is 5.83. The Balaban J connectivity index is 1.48. The zero-order valence-corrected chi connectivity index (χ0v) is 13.8. The number of likely N-dealkylation sites (tertiary alicyclic amines) is 1. The first-order valence-electron chi connectivity index (χ1n) is 8.90. The number of aromatic nitrogens is 2. The molecule has 1 saturated heterocycles. The number of piperidine rings is 1. The normalized spacial score (nSPS) is 20.7. The number of nitrogens with zero attached hydrogens (tertiary/aromatic N) is 2. The lowest BCUT2D eigenvalue weighted by atomic mass is 9.91. The van der Waals surface area contributed by atoms with E-state index in [4.69, 9.17) is 0 Å². The fourth-order valence-electron chi connectivity index (χ4n) is 3.63. The van der Waals surface area contributed by atoms with Crippen molar-refractivity contribution < 1.29 is 4.79 Å². The van der Waals surface area contributed by atoms with Crippen LogP contribution >= 0.6 is 0 Å². The Morgan fingerprint density at radius 2 is 1.88 bits per heavy atom. The van der Waals surface area contributed by atoms with Gasteiger partial charge in [-0.25, -0.2) is 0 Å². The summed E-state index contributed by atoms with van der Waals surface area (Å²) in [4.78, 5) is 15.2. The molecule has 1 amide bonds. The standard InChI is InChI=1S/C19H24N4O/c24-19(21-16-6-7-16)18(15-4-2-1-3-5-15)23-12-9-14(10-13-23)17-8-11-20-22-17/h1-5,8,11,14,16,18H,6-7,9-10,12-13H2,(H,20,22)(H,21,24)/t18-/m1/s1. The second kappa shape index (κ2) is 6.77. The van der Waals surface area contributed by atoms with Crippen molar-refractivity contribution in [2.45, 2.75) is 43.7 Å². The second-order valence-corrected chi connectivity index (χ2v) is 6.92. The molecule has 0 radical (unpaired) electrons. The summed E-state index contributed by atoms with van der Waals surface area (Å²) in [5.74, 6) is 0.676. The van der Waals surface area contributed by atoms with Gasteiger partial charge in [0, 0.05) is 23.9 Å². The minimum atomic E-state index is -0.172. The van der Waals surface area contributed by atoms with Gasteiger partial charge in [-0.15, -0.1) is 0 Å². The fraction of sp³-hybridized carbons (Fsp3) is 0.474. The van der Waals surface area contributed by atoms with Gasteiger partial charge in [0.15, 0.2) is 0 Å². The highest BCUT2D eigenvalue weighted by Gasteiger charge is 2.34. The van der Waals surface area contributed by atoms with Crippen LogP contribution in [0.25, 0.3) is 0 Å². The Labute approximate surface area is 142 Å². The van der Waals surface area contributed by atoms with E-state index >= 15 is 0 Å². The van der Waals surface area contributed by atoms with Crippen LogP contribution in [0, 0.1) is 0 Å². The number of hydrogen-bond donors (Lipinski definition) is 2. The molecular formula is C19H24N4O. The van der Waals surface area contributed by atoms with Crippen LogP contribution in [0.3, 0.4) is 0 Å². The molecule has 0 unspecified atom stereocenters. The van der Waals surface area contributed by atoms with Crippen molar-refractivity contribution in [3.8, 4) is 0 Å². The summed E-state index contributed by atoms with van der Waals surface area (Å²) >= 11 is 0. The maximum Gasteiger partial charge on any atom is 0.242 e. The van der Waals surface area contributed by atoms with E-state index in [1.54, 1.807) is 0 Å². The number of benzene rings is 1. The number of carbonyl (C=O) groups excluding carboxylic acids is 1. The number of aromatic amines is 1. The number of amides is 1. The molecule has 126 valence electrons. The Kier molecular flexibility index (Phi) is 4.34. The van der Waals surface area contributed by atoms with Crippen molar-refractivity contribution in [1.29, 1.82) is 0 Å². The molecule has 5 heteroatoms. The van der Waals surface area contributed by atoms with Gasteiger partial charge in [-0.1, -0.05) is 30.3 Å². The summed E-state index contributed by atoms with van der Waals surface area (Å²) in [6.45, 7) is 1.86. The topological polar surface area (TPSA) is 61.0 Å². The van der Waals surface area contributed by atoms with E-state index in [0.29, 0.717) is 12.0 Å². The first kappa shape index (κ1) is 15.4. The molecule has 1 aromatic heterocycles. The molecule has 1 atom stereocenters. The van der Waals surface area contributed by atoms with Gasteiger partial charge >= 0.3 is 0 Å². The van der Waals surface area contributed by atoms with Gasteiger partial charge < -0.3 is 5.32 Å². The largest absolute Gasteiger partial charge is 0.352 e. The molecule has 1 aliphatic carbocycles. The highest BCUT2D eigenvalue weighted by Crippen LogP contribution is 2.32. The first-order valence-corrected chi connectivity index (χ1v) is 8.90. The summed E-state index contributed by atoms with van der Waals surface area (Å²) in [5, 5.41) is 10.3. The second-order valence-electron chi connectivity index (χ2n) is 6.92. The van der Waals surface area contributed by atoms with Gasteiger partial charge in [0.05, 0.1) is 0 Å². The summed E-state index contributed by atoms with van der Waals surface area (Å²) in [6, 6.07) is 12.5. The Hall–Kier alpha value is -2.14. The zero-order chi connectivity index (χ0) is 16.4. The molecule has 5 nitrogen and oxygen atoms in total. The number of hydrogen-bond acceptors (Lipinski definition) is 3. The van der Waals surface area contributed by atoms with Crippen LogP contribution in [0.1, 0.15) is 48.9 Å². The quantitative estimate of drug-likeness (QED) is 0.889. The average Bonchev–Trinajstić information content (AvgIpc) is 3.25. The molecule has 4 rings (SSSR count). The van der Waals surface area contributed by atoms with Crippen LogP contribution in [-0.4, -0.2) is 40.1 Å². The Bertz CT molecular complexity index is 658. The Morgan fingerprint density at radius 3 is 2.50 bits per heavy atom. The van der Waals surface area contributed by atoms with Gasteiger partial charge in [-0.05, 0) is 50.4 Å². The highest BCUT2D eigenvalue weighted by atomic mass is 16.2. The van der Waals surface area contributed by atoms with Crippen LogP contribution in [0.15, 0.2) is 42.6 Å². The van der Waals surface area contributed by atoms with Crippen LogP contribution in [0.2, 0.25) is 0 Å². The molecular weight excluding hydrogens is 300 g/mol. The molecule has 2 N–H and O–H groups in total. The third-order valence-electron chi connectivity index (χ3n) is 5.14. The van der Waals surface area contributed by atoms with Crippen molar-refractivity contribution in [1.82, 2.24) is 20.4 Å². The lowest BCUT2D eigenvalue weighted by Crippen LogP contribution is -2.44. The zero-order valence-electron chi connectivity index (χ0n) is 13.8. The van der Waals surface area contributed by atoms with E-state index in [1.807, 2.05) is 24.4 Å². The summed E-state index contributed by atoms with van der Waals surface area (Å²) in [6.07, 6.45) is 6.17. The van der Waals surface area contributed by atoms with Gasteiger partial charge in [0.25, 0.3) is 0 Å². The van der Waals surface area contributed by atoms with E-state index in [1.165, 1.54) is 5.69 Å². The SMILES string of the molecule is O=C(NC1CC1)[C@@H](c1ccccc1)N1CCC(c2ccn[nH]2)CC1. The lowest BCUT2D eigenvalue weighted by molar-refractivity contribution is -0.127. The molecule has 2 aromatic rings. The van der Waals surface area contributed by atoms with Crippen LogP contribution < -0.4 is 5.32 Å². The summed E-state index contributed by atoms with van der Waals surface area (Å²) in [5.41, 5.74) is 2.31. The first-order chi connectivity index (χ1) is 11.8. The average molecular weight is 324 g/mol. The van der Waals surface area contributed by atoms with E-state index < -0.39 is 0 Å². The predicted octanol–water partition coefficient (Wildman–Crippen LogP) is 2.61. The number of H-pyrrole nitrogens is 1. The minimum Gasteiger partial charge on any atom is -0.352 e.